The average Bonchev–Trinajstić information content (AvgIpc) is 3.45. The molecule has 4 nitrogen and oxygen atoms in total. The predicted octanol–water partition coefficient (Wildman–Crippen LogP) is 17.0. The van der Waals surface area contributed by atoms with E-state index >= 15 is 0 Å². The molecule has 2 rings (SSSR count). The largest absolute Gasteiger partial charge is 0.494 e. The van der Waals surface area contributed by atoms with Gasteiger partial charge < -0.3 is 18.9 Å². The van der Waals surface area contributed by atoms with Gasteiger partial charge in [0.25, 0.3) is 0 Å². The van der Waals surface area contributed by atoms with E-state index in [1.807, 2.05) is 158 Å². The van der Waals surface area contributed by atoms with E-state index in [9.17, 15) is 0 Å². The van der Waals surface area contributed by atoms with Crippen LogP contribution in [-0.2, 0) is 18.9 Å². The Morgan fingerprint density at radius 2 is 0.917 bits per heavy atom. The van der Waals surface area contributed by atoms with Crippen LogP contribution in [0.5, 0.6) is 0 Å². The van der Waals surface area contributed by atoms with E-state index in [4.69, 9.17) is 9.47 Å². The van der Waals surface area contributed by atoms with Crippen LogP contribution in [0.3, 0.4) is 0 Å². The summed E-state index contributed by atoms with van der Waals surface area (Å²) in [6.07, 6.45) is 13.6. The van der Waals surface area contributed by atoms with Gasteiger partial charge in [0.1, 0.15) is 6.61 Å². The molecule has 1 aliphatic heterocycles. The molecular formula is C44H108O4. The summed E-state index contributed by atoms with van der Waals surface area (Å²) in [4.78, 5) is 0. The first-order valence-corrected chi connectivity index (χ1v) is 19.7. The molecule has 0 fully saturated rings. The quantitative estimate of drug-likeness (QED) is 0.211. The first-order chi connectivity index (χ1) is 23.0. The lowest BCUT2D eigenvalue weighted by Crippen LogP contribution is -1.98. The molecule has 0 saturated heterocycles. The van der Waals surface area contributed by atoms with Crippen molar-refractivity contribution in [2.24, 2.45) is 0 Å². The maximum Gasteiger partial charge on any atom is 0.109 e. The van der Waals surface area contributed by atoms with Crippen LogP contribution < -0.4 is 0 Å². The predicted molar refractivity (Wildman–Crippen MR) is 238 cm³/mol. The Kier molecular flexibility index (Phi) is 369. The van der Waals surface area contributed by atoms with Gasteiger partial charge >= 0.3 is 0 Å². The minimum atomic E-state index is 0. The number of hydrogen-bond donors (Lipinski definition) is 0. The monoisotopic (exact) mass is 701 g/mol. The van der Waals surface area contributed by atoms with Gasteiger partial charge in [-0.15, -0.1) is 13.2 Å². The lowest BCUT2D eigenvalue weighted by atomic mass is 10.1. The molecule has 308 valence electrons. The second kappa shape index (κ2) is 194. The molecule has 0 radical (unpaired) electrons. The molecule has 1 heterocycles. The summed E-state index contributed by atoms with van der Waals surface area (Å²) in [5.41, 5.74) is 1.51. The molecule has 0 aromatic rings. The van der Waals surface area contributed by atoms with Crippen LogP contribution >= 0.6 is 0 Å². The minimum absolute atomic E-state index is 0. The minimum Gasteiger partial charge on any atom is -0.494 e. The van der Waals surface area contributed by atoms with Crippen LogP contribution in [0.1, 0.15) is 199 Å². The topological polar surface area (TPSA) is 36.9 Å². The van der Waals surface area contributed by atoms with E-state index in [1.54, 1.807) is 14.2 Å². The molecule has 0 spiro atoms. The normalized spacial score (nSPS) is 8.88. The van der Waals surface area contributed by atoms with Crippen molar-refractivity contribution in [3.63, 3.8) is 0 Å². The molecule has 0 amide bonds. The van der Waals surface area contributed by atoms with Crippen molar-refractivity contribution in [2.75, 3.05) is 47.3 Å². The number of rotatable bonds is 5. The summed E-state index contributed by atoms with van der Waals surface area (Å²) in [6, 6.07) is 0. The van der Waals surface area contributed by atoms with Gasteiger partial charge in [-0.2, -0.15) is 0 Å². The van der Waals surface area contributed by atoms with Gasteiger partial charge in [0.2, 0.25) is 0 Å². The van der Waals surface area contributed by atoms with Gasteiger partial charge in [-0.3, -0.25) is 0 Å². The molecule has 0 atom stereocenters. The molecule has 4 heteroatoms. The zero-order chi connectivity index (χ0) is 41.2. The van der Waals surface area contributed by atoms with Crippen LogP contribution in [-0.4, -0.2) is 47.3 Å². The van der Waals surface area contributed by atoms with E-state index in [2.05, 4.69) is 54.7 Å². The number of ether oxygens (including phenoxy) is 4. The highest BCUT2D eigenvalue weighted by atomic mass is 16.5. The summed E-state index contributed by atoms with van der Waals surface area (Å²) in [6.45, 7) is 58.4. The number of hydrogen-bond acceptors (Lipinski definition) is 4. The third kappa shape index (κ3) is 245. The summed E-state index contributed by atoms with van der Waals surface area (Å²) >= 11 is 0. The first kappa shape index (κ1) is 91.2. The molecular weight excluding hydrogens is 592 g/mol. The van der Waals surface area contributed by atoms with Gasteiger partial charge in [-0.05, 0) is 66.4 Å². The Bertz CT molecular complexity index is 351. The Morgan fingerprint density at radius 3 is 1.08 bits per heavy atom. The SMILES string of the molecule is C.C=C.CC.CC.CC.CC.CC.CC.CC.CC.CC.CC1=CC=CCCC1.CC1=CCO1.CCCOCC.CCOC.CCOC. The molecule has 0 aromatic carbocycles. The second-order valence-corrected chi connectivity index (χ2v) is 5.81. The van der Waals surface area contributed by atoms with Crippen LogP contribution in [0.15, 0.2) is 48.8 Å². The lowest BCUT2D eigenvalue weighted by Gasteiger charge is -2.09. The molecule has 0 N–H and O–H groups in total. The van der Waals surface area contributed by atoms with Gasteiger partial charge in [-0.1, -0.05) is 163 Å². The van der Waals surface area contributed by atoms with Gasteiger partial charge in [-0.25, -0.2) is 0 Å². The van der Waals surface area contributed by atoms with Gasteiger partial charge in [0.15, 0.2) is 0 Å². The zero-order valence-electron chi connectivity index (χ0n) is 38.7. The van der Waals surface area contributed by atoms with E-state index in [0.717, 1.165) is 45.2 Å². The third-order valence-electron chi connectivity index (χ3n) is 3.27. The van der Waals surface area contributed by atoms with Crippen molar-refractivity contribution in [1.82, 2.24) is 0 Å². The van der Waals surface area contributed by atoms with Crippen molar-refractivity contribution in [3.05, 3.63) is 48.8 Å². The molecule has 0 aromatic heterocycles. The maximum absolute atomic E-state index is 4.98. The van der Waals surface area contributed by atoms with Crippen molar-refractivity contribution < 1.29 is 18.9 Å². The highest BCUT2D eigenvalue weighted by Gasteiger charge is 1.94. The fourth-order valence-electron chi connectivity index (χ4n) is 1.45. The van der Waals surface area contributed by atoms with Crippen molar-refractivity contribution in [1.29, 1.82) is 0 Å². The van der Waals surface area contributed by atoms with Crippen LogP contribution in [0.2, 0.25) is 0 Å². The second-order valence-electron chi connectivity index (χ2n) is 5.81. The van der Waals surface area contributed by atoms with Crippen molar-refractivity contribution in [2.45, 2.75) is 199 Å². The molecule has 2 aliphatic rings. The van der Waals surface area contributed by atoms with E-state index < -0.39 is 0 Å². The fraction of sp³-hybridized carbons (Fsp3) is 0.818. The average molecular weight is 701 g/mol. The maximum atomic E-state index is 4.98. The highest BCUT2D eigenvalue weighted by molar-refractivity contribution is 5.12. The Labute approximate surface area is 313 Å². The Balaban J connectivity index is -0.0000000224. The zero-order valence-corrected chi connectivity index (χ0v) is 38.7. The molecule has 0 saturated carbocycles. The van der Waals surface area contributed by atoms with Crippen LogP contribution in [0.4, 0.5) is 0 Å². The van der Waals surface area contributed by atoms with Crippen molar-refractivity contribution in [3.8, 4) is 0 Å². The lowest BCUT2D eigenvalue weighted by molar-refractivity contribution is 0.148. The summed E-state index contributed by atoms with van der Waals surface area (Å²) in [5, 5.41) is 0. The van der Waals surface area contributed by atoms with E-state index in [0.29, 0.717) is 0 Å². The van der Waals surface area contributed by atoms with Gasteiger partial charge in [0, 0.05) is 40.6 Å². The van der Waals surface area contributed by atoms with E-state index in [-0.39, 0.29) is 7.43 Å². The smallest absolute Gasteiger partial charge is 0.109 e. The summed E-state index contributed by atoms with van der Waals surface area (Å²) in [5.74, 6) is 1.06. The Morgan fingerprint density at radius 1 is 0.625 bits per heavy atom. The van der Waals surface area contributed by atoms with Crippen molar-refractivity contribution >= 4 is 0 Å². The fourth-order valence-corrected chi connectivity index (χ4v) is 1.45. The number of methoxy groups -OCH3 is 2. The number of allylic oxidation sites excluding steroid dienone is 5. The van der Waals surface area contributed by atoms with E-state index in [1.165, 1.54) is 24.8 Å². The third-order valence-corrected chi connectivity index (χ3v) is 3.27. The summed E-state index contributed by atoms with van der Waals surface area (Å²) in [7, 11) is 3.36. The van der Waals surface area contributed by atoms with Crippen LogP contribution in [0.25, 0.3) is 0 Å². The van der Waals surface area contributed by atoms with Crippen LogP contribution in [0, 0.1) is 0 Å². The molecule has 1 aliphatic carbocycles. The standard InChI is InChI=1S/C8H12.C5H12O.C4H6O.2C3H8O.9C2H6.C2H4.CH4/c1-8-6-4-2-3-5-7-8;1-3-5-6-4-2;1-4-2-3-5-4;2*1-3-4-2;10*1-2;/h2,4,6H,3,5,7H2,1H3;3-5H2,1-2H3;2H,3H2,1H3;2*3H2,1-2H3;9*1-2H3;1-2H2;1H4. The molecule has 48 heavy (non-hydrogen) atoms. The molecule has 0 bridgehead atoms. The summed E-state index contributed by atoms with van der Waals surface area (Å²) < 4.78 is 18.9. The highest BCUT2D eigenvalue weighted by Crippen LogP contribution is 2.10. The molecule has 0 unspecified atom stereocenters. The first-order valence-electron chi connectivity index (χ1n) is 19.7. The Hall–Kier alpha value is -1.36. The van der Waals surface area contributed by atoms with Gasteiger partial charge in [0.05, 0.1) is 5.76 Å².